The normalized spacial score (nSPS) is 15.2. The van der Waals surface area contributed by atoms with Crippen LogP contribution >= 0.6 is 0 Å². The first-order chi connectivity index (χ1) is 7.36. The number of rotatable bonds is 7. The van der Waals surface area contributed by atoms with E-state index in [-0.39, 0.29) is 11.9 Å². The number of nitrogens with zero attached hydrogens (tertiary/aromatic N) is 1. The average Bonchev–Trinajstić information content (AvgIpc) is 2.14. The summed E-state index contributed by atoms with van der Waals surface area (Å²) in [6.07, 6.45) is 1.08. The molecule has 0 rings (SSSR count). The van der Waals surface area contributed by atoms with Crippen molar-refractivity contribution in [2.24, 2.45) is 5.92 Å². The van der Waals surface area contributed by atoms with E-state index in [1.54, 1.807) is 7.05 Å². The Hall–Kier alpha value is -0.610. The van der Waals surface area contributed by atoms with Gasteiger partial charge in [-0.05, 0) is 33.4 Å². The number of amides is 1. The predicted molar refractivity (Wildman–Crippen MR) is 68.5 cm³/mol. The van der Waals surface area contributed by atoms with E-state index in [1.165, 1.54) is 0 Å². The summed E-state index contributed by atoms with van der Waals surface area (Å²) in [4.78, 5) is 13.6. The van der Waals surface area contributed by atoms with Crippen LogP contribution in [0.25, 0.3) is 0 Å². The van der Waals surface area contributed by atoms with Crippen molar-refractivity contribution in [3.8, 4) is 0 Å². The second-order valence-corrected chi connectivity index (χ2v) is 5.09. The lowest BCUT2D eigenvalue weighted by Crippen LogP contribution is -2.49. The Morgan fingerprint density at radius 2 is 1.81 bits per heavy atom. The molecule has 0 saturated heterocycles. The topological polar surface area (TPSA) is 44.4 Å². The molecule has 0 aliphatic carbocycles. The van der Waals surface area contributed by atoms with Gasteiger partial charge in [-0.3, -0.25) is 4.79 Å². The third-order valence-corrected chi connectivity index (χ3v) is 2.47. The second kappa shape index (κ2) is 7.63. The first-order valence-corrected chi connectivity index (χ1v) is 5.99. The molecule has 0 bridgehead atoms. The highest BCUT2D eigenvalue weighted by Crippen LogP contribution is 2.06. The summed E-state index contributed by atoms with van der Waals surface area (Å²) >= 11 is 0. The van der Waals surface area contributed by atoms with Crippen molar-refractivity contribution in [3.63, 3.8) is 0 Å². The summed E-state index contributed by atoms with van der Waals surface area (Å²) in [5, 5.41) is 6.04. The third kappa shape index (κ3) is 6.80. The fourth-order valence-electron chi connectivity index (χ4n) is 1.85. The minimum absolute atomic E-state index is 0.0486. The maximum atomic E-state index is 11.4. The monoisotopic (exact) mass is 229 g/mol. The van der Waals surface area contributed by atoms with Gasteiger partial charge >= 0.3 is 0 Å². The molecule has 0 spiro atoms. The van der Waals surface area contributed by atoms with E-state index in [4.69, 9.17) is 0 Å². The Labute approximate surface area is 99.8 Å². The molecule has 2 atom stereocenters. The summed E-state index contributed by atoms with van der Waals surface area (Å²) in [5.41, 5.74) is 0. The molecule has 0 aromatic rings. The number of hydrogen-bond donors (Lipinski definition) is 2. The molecule has 0 aromatic heterocycles. The second-order valence-electron chi connectivity index (χ2n) is 5.09. The Balaban J connectivity index is 4.24. The molecule has 0 fully saturated rings. The fraction of sp³-hybridized carbons (Fsp3) is 0.917. The lowest BCUT2D eigenvalue weighted by atomic mass is 10.0. The van der Waals surface area contributed by atoms with E-state index in [9.17, 15) is 4.79 Å². The van der Waals surface area contributed by atoms with E-state index in [1.807, 2.05) is 6.92 Å². The van der Waals surface area contributed by atoms with Crippen LogP contribution in [-0.4, -0.2) is 50.6 Å². The summed E-state index contributed by atoms with van der Waals surface area (Å²) < 4.78 is 0. The summed E-state index contributed by atoms with van der Waals surface area (Å²) in [6, 6.07) is 0.232. The van der Waals surface area contributed by atoms with Crippen LogP contribution in [0.4, 0.5) is 0 Å². The van der Waals surface area contributed by atoms with E-state index in [2.05, 4.69) is 43.5 Å². The van der Waals surface area contributed by atoms with E-state index in [0.29, 0.717) is 12.0 Å². The molecule has 0 aliphatic heterocycles. The summed E-state index contributed by atoms with van der Waals surface area (Å²) in [7, 11) is 5.78. The Morgan fingerprint density at radius 3 is 2.19 bits per heavy atom. The van der Waals surface area contributed by atoms with Gasteiger partial charge in [-0.1, -0.05) is 13.8 Å². The van der Waals surface area contributed by atoms with Crippen molar-refractivity contribution in [2.75, 3.05) is 27.7 Å². The maximum Gasteiger partial charge on any atom is 0.236 e. The lowest BCUT2D eigenvalue weighted by molar-refractivity contribution is -0.122. The largest absolute Gasteiger partial charge is 0.358 e. The summed E-state index contributed by atoms with van der Waals surface area (Å²) in [5.74, 6) is 0.682. The van der Waals surface area contributed by atoms with Gasteiger partial charge in [0.15, 0.2) is 0 Å². The number of hydrogen-bond acceptors (Lipinski definition) is 3. The van der Waals surface area contributed by atoms with Crippen LogP contribution in [0.1, 0.15) is 27.2 Å². The van der Waals surface area contributed by atoms with Crippen molar-refractivity contribution in [1.82, 2.24) is 15.5 Å². The molecule has 96 valence electrons. The molecule has 0 aliphatic rings. The average molecular weight is 229 g/mol. The quantitative estimate of drug-likeness (QED) is 0.675. The van der Waals surface area contributed by atoms with Gasteiger partial charge in [-0.15, -0.1) is 0 Å². The first-order valence-electron chi connectivity index (χ1n) is 5.99. The number of nitrogens with one attached hydrogen (secondary N) is 2. The van der Waals surface area contributed by atoms with E-state index < -0.39 is 0 Å². The minimum atomic E-state index is -0.131. The highest BCUT2D eigenvalue weighted by Gasteiger charge is 2.18. The zero-order valence-corrected chi connectivity index (χ0v) is 11.5. The maximum absolute atomic E-state index is 11.4. The van der Waals surface area contributed by atoms with Gasteiger partial charge in [0.25, 0.3) is 0 Å². The van der Waals surface area contributed by atoms with Gasteiger partial charge < -0.3 is 15.5 Å². The van der Waals surface area contributed by atoms with Crippen LogP contribution < -0.4 is 10.6 Å². The van der Waals surface area contributed by atoms with E-state index >= 15 is 0 Å². The number of carbonyl (C=O) groups is 1. The molecule has 4 nitrogen and oxygen atoms in total. The molecule has 0 heterocycles. The number of carbonyl (C=O) groups excluding carboxylic acids is 1. The third-order valence-electron chi connectivity index (χ3n) is 2.47. The van der Waals surface area contributed by atoms with E-state index in [0.717, 1.165) is 13.0 Å². The summed E-state index contributed by atoms with van der Waals surface area (Å²) in [6.45, 7) is 7.27. The van der Waals surface area contributed by atoms with Gasteiger partial charge in [-0.2, -0.15) is 0 Å². The van der Waals surface area contributed by atoms with Gasteiger partial charge in [0.1, 0.15) is 0 Å². The van der Waals surface area contributed by atoms with Gasteiger partial charge in [0.2, 0.25) is 5.91 Å². The molecule has 2 N–H and O–H groups in total. The molecule has 0 aromatic carbocycles. The van der Waals surface area contributed by atoms with Crippen LogP contribution in [0.15, 0.2) is 0 Å². The highest BCUT2D eigenvalue weighted by atomic mass is 16.2. The predicted octanol–water partition coefficient (Wildman–Crippen LogP) is 0.687. The Morgan fingerprint density at radius 1 is 1.25 bits per heavy atom. The van der Waals surface area contributed by atoms with Crippen LogP contribution in [0.3, 0.4) is 0 Å². The van der Waals surface area contributed by atoms with Gasteiger partial charge in [-0.25, -0.2) is 0 Å². The zero-order chi connectivity index (χ0) is 12.7. The van der Waals surface area contributed by atoms with Crippen molar-refractivity contribution >= 4 is 5.91 Å². The SMILES string of the molecule is CNC(=O)C(C)NC(CC(C)C)CN(C)C. The van der Waals surface area contributed by atoms with Crippen molar-refractivity contribution in [2.45, 2.75) is 39.3 Å². The highest BCUT2D eigenvalue weighted by molar-refractivity contribution is 5.80. The standard InChI is InChI=1S/C12H27N3O/c1-9(2)7-11(8-15(5)6)14-10(3)12(16)13-4/h9-11,14H,7-8H2,1-6H3,(H,13,16). The molecule has 2 unspecified atom stereocenters. The molecule has 1 amide bonds. The molecule has 16 heavy (non-hydrogen) atoms. The molecular weight excluding hydrogens is 202 g/mol. The molecule has 0 saturated carbocycles. The van der Waals surface area contributed by atoms with Gasteiger partial charge in [0.05, 0.1) is 6.04 Å². The van der Waals surface area contributed by atoms with Crippen molar-refractivity contribution < 1.29 is 4.79 Å². The fourth-order valence-corrected chi connectivity index (χ4v) is 1.85. The van der Waals surface area contributed by atoms with Crippen LogP contribution in [0, 0.1) is 5.92 Å². The van der Waals surface area contributed by atoms with Gasteiger partial charge in [0, 0.05) is 19.6 Å². The Kier molecular flexibility index (Phi) is 7.34. The Bertz CT molecular complexity index is 194. The van der Waals surface area contributed by atoms with Crippen LogP contribution in [-0.2, 0) is 4.79 Å². The molecule has 0 radical (unpaired) electrons. The van der Waals surface area contributed by atoms with Crippen molar-refractivity contribution in [1.29, 1.82) is 0 Å². The first kappa shape index (κ1) is 15.4. The number of likely N-dealkylation sites (N-methyl/N-ethyl adjacent to an activating group) is 2. The lowest BCUT2D eigenvalue weighted by Gasteiger charge is -2.26. The van der Waals surface area contributed by atoms with Crippen LogP contribution in [0.2, 0.25) is 0 Å². The molecular formula is C12H27N3O. The van der Waals surface area contributed by atoms with Crippen molar-refractivity contribution in [3.05, 3.63) is 0 Å². The zero-order valence-electron chi connectivity index (χ0n) is 11.5. The molecule has 4 heteroatoms. The van der Waals surface area contributed by atoms with Crippen LogP contribution in [0.5, 0.6) is 0 Å². The minimum Gasteiger partial charge on any atom is -0.358 e. The smallest absolute Gasteiger partial charge is 0.236 e.